The van der Waals surface area contributed by atoms with Crippen molar-refractivity contribution in [3.8, 4) is 0 Å². The van der Waals surface area contributed by atoms with Gasteiger partial charge in [0.25, 0.3) is 0 Å². The van der Waals surface area contributed by atoms with Gasteiger partial charge in [0.1, 0.15) is 0 Å². The number of hydrogen-bond acceptors (Lipinski definition) is 2. The van der Waals surface area contributed by atoms with Gasteiger partial charge in [-0.05, 0) is 46.5 Å². The van der Waals surface area contributed by atoms with Gasteiger partial charge in [-0.25, -0.2) is 8.78 Å². The first-order valence-corrected chi connectivity index (χ1v) is 10.3. The number of unbranched alkanes of at least 4 members (excludes halogenated alkanes) is 1. The smallest absolute Gasteiger partial charge is 0.309 e. The van der Waals surface area contributed by atoms with Crippen LogP contribution in [0.15, 0.2) is 0 Å². The highest BCUT2D eigenvalue weighted by molar-refractivity contribution is 5.72. The Bertz CT molecular complexity index is 384. The summed E-state index contributed by atoms with van der Waals surface area (Å²) in [5, 5.41) is 0. The number of carbonyl (C=O) groups is 1. The second-order valence-electron chi connectivity index (χ2n) is 7.36. The third kappa shape index (κ3) is 10.9. The minimum Gasteiger partial charge on any atom is -0.465 e. The molecule has 0 aromatic carbocycles. The SMILES string of the molecule is CC(F)(F)C(F)(F)CCCCOC(=O)C1CCCCC1.CC[NH+](CC)CC. The van der Waals surface area contributed by atoms with Crippen LogP contribution in [0.2, 0.25) is 0 Å². The van der Waals surface area contributed by atoms with Gasteiger partial charge in [0, 0.05) is 13.3 Å². The third-order valence-corrected chi connectivity index (χ3v) is 5.21. The van der Waals surface area contributed by atoms with E-state index < -0.39 is 18.3 Å². The molecule has 0 aromatic heterocycles. The second kappa shape index (κ2) is 13.3. The Morgan fingerprint density at radius 3 is 1.89 bits per heavy atom. The van der Waals surface area contributed by atoms with Gasteiger partial charge >= 0.3 is 17.8 Å². The van der Waals surface area contributed by atoms with Crippen LogP contribution < -0.4 is 4.90 Å². The largest absolute Gasteiger partial charge is 0.465 e. The van der Waals surface area contributed by atoms with Crippen LogP contribution in [0.4, 0.5) is 17.6 Å². The fourth-order valence-electron chi connectivity index (χ4n) is 3.05. The molecule has 1 aliphatic carbocycles. The summed E-state index contributed by atoms with van der Waals surface area (Å²) in [5.74, 6) is -8.37. The topological polar surface area (TPSA) is 30.7 Å². The molecule has 0 radical (unpaired) electrons. The van der Waals surface area contributed by atoms with Crippen LogP contribution in [0.5, 0.6) is 0 Å². The molecule has 1 N–H and O–H groups in total. The van der Waals surface area contributed by atoms with Gasteiger partial charge in [0.15, 0.2) is 0 Å². The predicted molar refractivity (Wildman–Crippen MR) is 99.5 cm³/mol. The molecule has 3 nitrogen and oxygen atoms in total. The van der Waals surface area contributed by atoms with Crippen molar-refractivity contribution in [2.45, 2.75) is 90.9 Å². The molecule has 0 spiro atoms. The second-order valence-corrected chi connectivity index (χ2v) is 7.36. The molecule has 0 aromatic rings. The predicted octanol–water partition coefficient (Wildman–Crippen LogP) is 4.50. The lowest BCUT2D eigenvalue weighted by Crippen LogP contribution is -3.11. The Morgan fingerprint density at radius 1 is 0.963 bits per heavy atom. The fourth-order valence-corrected chi connectivity index (χ4v) is 3.05. The fraction of sp³-hybridized carbons (Fsp3) is 0.950. The molecular formula is C20H38F4NO2+. The summed E-state index contributed by atoms with van der Waals surface area (Å²) in [6, 6.07) is 0. The van der Waals surface area contributed by atoms with E-state index in [0.29, 0.717) is 0 Å². The van der Waals surface area contributed by atoms with E-state index in [-0.39, 0.29) is 38.3 Å². The van der Waals surface area contributed by atoms with E-state index in [0.717, 1.165) is 32.1 Å². The van der Waals surface area contributed by atoms with Gasteiger partial charge in [0.2, 0.25) is 0 Å². The molecule has 1 saturated carbocycles. The molecule has 7 heteroatoms. The molecule has 1 rings (SSSR count). The zero-order valence-electron chi connectivity index (χ0n) is 17.4. The van der Waals surface area contributed by atoms with E-state index >= 15 is 0 Å². The summed E-state index contributed by atoms with van der Waals surface area (Å²) in [5.41, 5.74) is 0. The molecule has 0 bridgehead atoms. The molecule has 1 aliphatic rings. The van der Waals surface area contributed by atoms with Crippen LogP contribution in [-0.2, 0) is 9.53 Å². The van der Waals surface area contributed by atoms with Gasteiger partial charge in [0.05, 0.1) is 32.2 Å². The zero-order chi connectivity index (χ0) is 20.9. The minimum absolute atomic E-state index is 0.0285. The van der Waals surface area contributed by atoms with Crippen molar-refractivity contribution in [3.63, 3.8) is 0 Å². The van der Waals surface area contributed by atoms with E-state index in [1.807, 2.05) is 0 Å². The van der Waals surface area contributed by atoms with Gasteiger partial charge in [-0.1, -0.05) is 19.3 Å². The molecule has 162 valence electrons. The molecule has 27 heavy (non-hydrogen) atoms. The van der Waals surface area contributed by atoms with Crippen molar-refractivity contribution >= 4 is 5.97 Å². The Labute approximate surface area is 161 Å². The van der Waals surface area contributed by atoms with Crippen molar-refractivity contribution < 1.29 is 32.0 Å². The molecule has 0 heterocycles. The lowest BCUT2D eigenvalue weighted by molar-refractivity contribution is -0.894. The van der Waals surface area contributed by atoms with E-state index in [1.54, 1.807) is 4.90 Å². The number of rotatable bonds is 10. The van der Waals surface area contributed by atoms with Crippen LogP contribution in [0.3, 0.4) is 0 Å². The molecule has 0 unspecified atom stereocenters. The molecule has 0 saturated heterocycles. The number of carbonyl (C=O) groups excluding carboxylic acids is 1. The summed E-state index contributed by atoms with van der Waals surface area (Å²) in [6.45, 7) is 10.7. The molecule has 1 fully saturated rings. The van der Waals surface area contributed by atoms with Crippen molar-refractivity contribution in [3.05, 3.63) is 0 Å². The van der Waals surface area contributed by atoms with E-state index in [2.05, 4.69) is 20.8 Å². The first-order chi connectivity index (χ1) is 12.6. The summed E-state index contributed by atoms with van der Waals surface area (Å²) in [4.78, 5) is 13.3. The van der Waals surface area contributed by atoms with Gasteiger partial charge in [-0.2, -0.15) is 8.78 Å². The van der Waals surface area contributed by atoms with Crippen LogP contribution in [0.1, 0.15) is 79.1 Å². The molecule has 0 aliphatic heterocycles. The highest BCUT2D eigenvalue weighted by Crippen LogP contribution is 2.37. The van der Waals surface area contributed by atoms with Gasteiger partial charge < -0.3 is 9.64 Å². The van der Waals surface area contributed by atoms with E-state index in [9.17, 15) is 22.4 Å². The summed E-state index contributed by atoms with van der Waals surface area (Å²) < 4.78 is 56.0. The maximum absolute atomic E-state index is 12.9. The number of ether oxygens (including phenoxy) is 1. The number of quaternary nitrogens is 1. The van der Waals surface area contributed by atoms with E-state index in [4.69, 9.17) is 4.74 Å². The van der Waals surface area contributed by atoms with Crippen molar-refractivity contribution in [2.24, 2.45) is 5.92 Å². The monoisotopic (exact) mass is 400 g/mol. The summed E-state index contributed by atoms with van der Waals surface area (Å²) in [6.07, 6.45) is 3.99. The van der Waals surface area contributed by atoms with Crippen molar-refractivity contribution in [1.82, 2.24) is 0 Å². The summed E-state index contributed by atoms with van der Waals surface area (Å²) in [7, 11) is 0. The minimum atomic E-state index is -4.01. The Balaban J connectivity index is 0.000000821. The van der Waals surface area contributed by atoms with Crippen molar-refractivity contribution in [2.75, 3.05) is 26.2 Å². The third-order valence-electron chi connectivity index (χ3n) is 5.21. The number of esters is 1. The van der Waals surface area contributed by atoms with Gasteiger partial charge in [-0.3, -0.25) is 4.79 Å². The normalized spacial score (nSPS) is 16.0. The summed E-state index contributed by atoms with van der Waals surface area (Å²) >= 11 is 0. The quantitative estimate of drug-likeness (QED) is 0.332. The Hall–Kier alpha value is -0.850. The highest BCUT2D eigenvalue weighted by atomic mass is 19.3. The zero-order valence-corrected chi connectivity index (χ0v) is 17.4. The Kier molecular flexibility index (Phi) is 12.9. The maximum Gasteiger partial charge on any atom is 0.309 e. The van der Waals surface area contributed by atoms with Crippen LogP contribution in [0.25, 0.3) is 0 Å². The number of halogens is 4. The first-order valence-electron chi connectivity index (χ1n) is 10.3. The number of alkyl halides is 4. The van der Waals surface area contributed by atoms with Crippen LogP contribution in [-0.4, -0.2) is 44.1 Å². The van der Waals surface area contributed by atoms with E-state index in [1.165, 1.54) is 19.6 Å². The number of nitrogens with one attached hydrogen (secondary N) is 1. The van der Waals surface area contributed by atoms with Gasteiger partial charge in [-0.15, -0.1) is 0 Å². The average Bonchev–Trinajstić information content (AvgIpc) is 2.63. The first kappa shape index (κ1) is 26.1. The Morgan fingerprint density at radius 2 is 1.48 bits per heavy atom. The highest BCUT2D eigenvalue weighted by Gasteiger charge is 2.51. The maximum atomic E-state index is 12.9. The standard InChI is InChI=1S/C14H22F4O2.C6H15N/c1-13(15,16)14(17,18)9-5-6-10-20-12(19)11-7-3-2-4-8-11;1-4-7(5-2)6-3/h11H,2-10H2,1H3;4-6H2,1-3H3/p+1. The molecular weight excluding hydrogens is 362 g/mol. The van der Waals surface area contributed by atoms with Crippen LogP contribution in [0, 0.1) is 5.92 Å². The molecule has 0 atom stereocenters. The van der Waals surface area contributed by atoms with Crippen LogP contribution >= 0.6 is 0 Å². The number of hydrogen-bond donors (Lipinski definition) is 1. The lowest BCUT2D eigenvalue weighted by Gasteiger charge is -2.23. The molecule has 0 amide bonds. The van der Waals surface area contributed by atoms with Crippen molar-refractivity contribution in [1.29, 1.82) is 0 Å². The average molecular weight is 401 g/mol. The lowest BCUT2D eigenvalue weighted by atomic mass is 9.89.